The first kappa shape index (κ1) is 27.8. The maximum atomic E-state index is 13.6. The van der Waals surface area contributed by atoms with Crippen molar-refractivity contribution in [2.45, 2.75) is 39.2 Å². The van der Waals surface area contributed by atoms with E-state index < -0.39 is 5.60 Å². The minimum atomic E-state index is -0.555. The number of hydrogen-bond donors (Lipinski definition) is 1. The molecule has 2 aromatic heterocycles. The lowest BCUT2D eigenvalue weighted by Gasteiger charge is -2.29. The van der Waals surface area contributed by atoms with E-state index in [9.17, 15) is 14.0 Å². The van der Waals surface area contributed by atoms with Gasteiger partial charge in [0.15, 0.2) is 0 Å². The van der Waals surface area contributed by atoms with Crippen LogP contribution < -0.4 is 10.2 Å². The third-order valence-corrected chi connectivity index (χ3v) is 6.25. The molecule has 2 amide bonds. The minimum Gasteiger partial charge on any atom is -0.444 e. The SMILES string of the molecule is CN(C(=O)c1ccc(C2=CCN(C(=O)OC(C)(C)C)CC2)nc1NCCc1cccc(F)c1)c1cccnc1. The molecule has 8 nitrogen and oxygen atoms in total. The molecule has 0 saturated heterocycles. The molecule has 9 heteroatoms. The third-order valence-electron chi connectivity index (χ3n) is 6.25. The highest BCUT2D eigenvalue weighted by Gasteiger charge is 2.25. The highest BCUT2D eigenvalue weighted by Crippen LogP contribution is 2.26. The number of amides is 2. The summed E-state index contributed by atoms with van der Waals surface area (Å²) < 4.78 is 19.1. The number of nitrogens with one attached hydrogen (secondary N) is 1. The first-order valence-corrected chi connectivity index (χ1v) is 13.0. The average molecular weight is 532 g/mol. The molecule has 0 atom stereocenters. The number of rotatable bonds is 7. The van der Waals surface area contributed by atoms with Crippen molar-refractivity contribution in [2.24, 2.45) is 0 Å². The molecular formula is C30H34FN5O3. The fourth-order valence-electron chi connectivity index (χ4n) is 4.21. The maximum Gasteiger partial charge on any atom is 0.410 e. The second-order valence-electron chi connectivity index (χ2n) is 10.4. The molecule has 4 rings (SSSR count). The zero-order valence-corrected chi connectivity index (χ0v) is 22.8. The van der Waals surface area contributed by atoms with E-state index in [1.165, 1.54) is 17.0 Å². The van der Waals surface area contributed by atoms with Gasteiger partial charge in [0.25, 0.3) is 5.91 Å². The number of benzene rings is 1. The van der Waals surface area contributed by atoms with E-state index in [2.05, 4.69) is 10.3 Å². The number of halogens is 1. The van der Waals surface area contributed by atoms with Gasteiger partial charge < -0.3 is 19.9 Å². The van der Waals surface area contributed by atoms with Crippen LogP contribution >= 0.6 is 0 Å². The van der Waals surface area contributed by atoms with Crippen molar-refractivity contribution < 1.29 is 18.7 Å². The highest BCUT2D eigenvalue weighted by molar-refractivity contribution is 6.08. The molecule has 0 fully saturated rings. The summed E-state index contributed by atoms with van der Waals surface area (Å²) in [7, 11) is 1.69. The molecule has 0 unspecified atom stereocenters. The Morgan fingerprint density at radius 1 is 1.15 bits per heavy atom. The van der Waals surface area contributed by atoms with E-state index in [-0.39, 0.29) is 17.8 Å². The van der Waals surface area contributed by atoms with Crippen LogP contribution in [0.25, 0.3) is 5.57 Å². The first-order chi connectivity index (χ1) is 18.6. The summed E-state index contributed by atoms with van der Waals surface area (Å²) >= 11 is 0. The number of carbonyl (C=O) groups is 2. The highest BCUT2D eigenvalue weighted by atomic mass is 19.1. The summed E-state index contributed by atoms with van der Waals surface area (Å²) in [5.41, 5.74) is 3.08. The average Bonchev–Trinajstić information content (AvgIpc) is 2.92. The molecule has 1 aliphatic rings. The molecule has 39 heavy (non-hydrogen) atoms. The number of ether oxygens (including phenoxy) is 1. The summed E-state index contributed by atoms with van der Waals surface area (Å²) in [5.74, 6) is -0.0737. The number of pyridine rings is 2. The van der Waals surface area contributed by atoms with Gasteiger partial charge in [-0.2, -0.15) is 0 Å². The first-order valence-electron chi connectivity index (χ1n) is 13.0. The molecule has 0 bridgehead atoms. The lowest BCUT2D eigenvalue weighted by atomic mass is 10.0. The van der Waals surface area contributed by atoms with Crippen molar-refractivity contribution in [1.82, 2.24) is 14.9 Å². The number of anilines is 2. The Kier molecular flexibility index (Phi) is 8.59. The monoisotopic (exact) mass is 531 g/mol. The van der Waals surface area contributed by atoms with Crippen LogP contribution in [0, 0.1) is 5.82 Å². The Morgan fingerprint density at radius 2 is 1.97 bits per heavy atom. The van der Waals surface area contributed by atoms with Gasteiger partial charge in [0.2, 0.25) is 0 Å². The molecule has 0 spiro atoms. The molecule has 0 radical (unpaired) electrons. The maximum absolute atomic E-state index is 13.6. The lowest BCUT2D eigenvalue weighted by Crippen LogP contribution is -2.39. The van der Waals surface area contributed by atoms with Gasteiger partial charge in [0.05, 0.1) is 23.1 Å². The zero-order chi connectivity index (χ0) is 28.0. The number of hydrogen-bond acceptors (Lipinski definition) is 6. The van der Waals surface area contributed by atoms with Gasteiger partial charge in [0.1, 0.15) is 17.2 Å². The van der Waals surface area contributed by atoms with Crippen molar-refractivity contribution in [2.75, 3.05) is 36.9 Å². The van der Waals surface area contributed by atoms with Crippen molar-refractivity contribution in [3.8, 4) is 0 Å². The van der Waals surface area contributed by atoms with Crippen LogP contribution in [0.4, 0.5) is 20.7 Å². The fraction of sp³-hybridized carbons (Fsp3) is 0.333. The minimum absolute atomic E-state index is 0.232. The van der Waals surface area contributed by atoms with E-state index in [4.69, 9.17) is 9.72 Å². The Bertz CT molecular complexity index is 1350. The molecular weight excluding hydrogens is 497 g/mol. The van der Waals surface area contributed by atoms with Crippen LogP contribution in [-0.2, 0) is 11.2 Å². The fourth-order valence-corrected chi connectivity index (χ4v) is 4.21. The van der Waals surface area contributed by atoms with E-state index >= 15 is 0 Å². The molecule has 1 aromatic carbocycles. The molecule has 3 heterocycles. The summed E-state index contributed by atoms with van der Waals surface area (Å²) in [5, 5.41) is 3.29. The predicted molar refractivity (Wildman–Crippen MR) is 150 cm³/mol. The smallest absolute Gasteiger partial charge is 0.410 e. The van der Waals surface area contributed by atoms with Gasteiger partial charge in [-0.15, -0.1) is 0 Å². The van der Waals surface area contributed by atoms with Crippen molar-refractivity contribution in [3.63, 3.8) is 0 Å². The van der Waals surface area contributed by atoms with Crippen LogP contribution in [0.2, 0.25) is 0 Å². The van der Waals surface area contributed by atoms with Crippen molar-refractivity contribution in [3.05, 3.63) is 89.6 Å². The number of nitrogens with zero attached hydrogens (tertiary/aromatic N) is 4. The van der Waals surface area contributed by atoms with E-state index in [1.807, 2.05) is 45.0 Å². The van der Waals surface area contributed by atoms with Gasteiger partial charge in [0, 0.05) is 32.9 Å². The molecule has 0 aliphatic carbocycles. The largest absolute Gasteiger partial charge is 0.444 e. The van der Waals surface area contributed by atoms with Crippen LogP contribution in [0.15, 0.2) is 67.0 Å². The van der Waals surface area contributed by atoms with Crippen LogP contribution in [0.5, 0.6) is 0 Å². The third kappa shape index (κ3) is 7.40. The quantitative estimate of drug-likeness (QED) is 0.429. The molecule has 3 aromatic rings. The number of aromatic nitrogens is 2. The summed E-state index contributed by atoms with van der Waals surface area (Å²) in [6.07, 6.45) is 6.07. The summed E-state index contributed by atoms with van der Waals surface area (Å²) in [4.78, 5) is 38.0. The van der Waals surface area contributed by atoms with Crippen LogP contribution in [0.3, 0.4) is 0 Å². The zero-order valence-electron chi connectivity index (χ0n) is 22.8. The molecule has 204 valence electrons. The van der Waals surface area contributed by atoms with Crippen LogP contribution in [0.1, 0.15) is 48.8 Å². The number of carbonyl (C=O) groups excluding carboxylic acids is 2. The second-order valence-corrected chi connectivity index (χ2v) is 10.4. The lowest BCUT2D eigenvalue weighted by molar-refractivity contribution is 0.0270. The molecule has 1 N–H and O–H groups in total. The molecule has 1 aliphatic heterocycles. The van der Waals surface area contributed by atoms with Gasteiger partial charge in [-0.3, -0.25) is 9.78 Å². The van der Waals surface area contributed by atoms with Gasteiger partial charge >= 0.3 is 6.09 Å². The predicted octanol–water partition coefficient (Wildman–Crippen LogP) is 5.57. The Balaban J connectivity index is 1.55. The Hall–Kier alpha value is -4.27. The second kappa shape index (κ2) is 12.1. The van der Waals surface area contributed by atoms with Crippen molar-refractivity contribution >= 4 is 29.1 Å². The standard InChI is InChI=1S/C30H34FN5O3/c1-30(2,3)39-29(38)36-17-13-22(14-18-36)26-11-10-25(28(37)35(4)24-9-6-15-32-20-24)27(34-26)33-16-12-21-7-5-8-23(31)19-21/h5-11,13,15,19-20H,12,14,16-18H2,1-4H3,(H,33,34). The Morgan fingerprint density at radius 3 is 2.64 bits per heavy atom. The summed E-state index contributed by atoms with van der Waals surface area (Å²) in [6.45, 7) is 6.92. The molecule has 0 saturated carbocycles. The van der Waals surface area contributed by atoms with Gasteiger partial charge in [-0.1, -0.05) is 18.2 Å². The Labute approximate surface area is 228 Å². The topological polar surface area (TPSA) is 87.7 Å². The van der Waals surface area contributed by atoms with Gasteiger partial charge in [-0.25, -0.2) is 14.2 Å². The van der Waals surface area contributed by atoms with E-state index in [1.54, 1.807) is 42.5 Å². The normalized spacial score (nSPS) is 13.5. The summed E-state index contributed by atoms with van der Waals surface area (Å²) in [6, 6.07) is 13.6. The van der Waals surface area contributed by atoms with E-state index in [0.717, 1.165) is 16.8 Å². The van der Waals surface area contributed by atoms with Gasteiger partial charge in [-0.05, 0) is 81.1 Å². The van der Waals surface area contributed by atoms with Crippen molar-refractivity contribution in [1.29, 1.82) is 0 Å². The van der Waals surface area contributed by atoms with Crippen LogP contribution in [-0.4, -0.2) is 59.2 Å². The van der Waals surface area contributed by atoms with E-state index in [0.29, 0.717) is 49.5 Å².